The molecular weight excluding hydrogens is 306 g/mol. The number of nitrogens with zero attached hydrogens (tertiary/aromatic N) is 4. The van der Waals surface area contributed by atoms with Gasteiger partial charge in [0.05, 0.1) is 26.5 Å². The summed E-state index contributed by atoms with van der Waals surface area (Å²) in [6, 6.07) is 11.8. The summed E-state index contributed by atoms with van der Waals surface area (Å²) < 4.78 is 12.5. The first-order valence-electron chi connectivity index (χ1n) is 7.92. The lowest BCUT2D eigenvalue weighted by atomic mass is 10.3. The highest BCUT2D eigenvalue weighted by atomic mass is 16.5. The number of aromatic nitrogens is 3. The van der Waals surface area contributed by atoms with Crippen LogP contribution in [0.3, 0.4) is 0 Å². The van der Waals surface area contributed by atoms with Gasteiger partial charge in [-0.1, -0.05) is 6.07 Å². The molecule has 0 unspecified atom stereocenters. The lowest BCUT2D eigenvalue weighted by molar-refractivity contribution is 0.122. The molecule has 1 aromatic carbocycles. The van der Waals surface area contributed by atoms with Crippen LogP contribution in [0, 0.1) is 0 Å². The van der Waals surface area contributed by atoms with Crippen LogP contribution in [-0.4, -0.2) is 48.0 Å². The van der Waals surface area contributed by atoms with E-state index >= 15 is 0 Å². The number of fused-ring (bicyclic) bond motifs is 1. The van der Waals surface area contributed by atoms with Crippen LogP contribution in [0.25, 0.3) is 5.65 Å². The zero-order valence-corrected chi connectivity index (χ0v) is 13.5. The van der Waals surface area contributed by atoms with E-state index in [-0.39, 0.29) is 0 Å². The van der Waals surface area contributed by atoms with Crippen molar-refractivity contribution in [1.29, 1.82) is 0 Å². The standard InChI is InChI=1S/C17H19N5O2/c1-23-14-4-2-3-13(11-14)19-17-12-18-15-5-6-16(20-22(15)17)21-7-9-24-10-8-21/h2-6,11-12,19H,7-10H2,1H3. The summed E-state index contributed by atoms with van der Waals surface area (Å²) >= 11 is 0. The Hall–Kier alpha value is -2.80. The molecular formula is C17H19N5O2. The summed E-state index contributed by atoms with van der Waals surface area (Å²) in [6.07, 6.45) is 1.78. The third-order valence-electron chi connectivity index (χ3n) is 4.03. The van der Waals surface area contributed by atoms with Gasteiger partial charge < -0.3 is 19.7 Å². The summed E-state index contributed by atoms with van der Waals surface area (Å²) in [5, 5.41) is 8.07. The molecule has 0 amide bonds. The van der Waals surface area contributed by atoms with Gasteiger partial charge in [0.25, 0.3) is 0 Å². The van der Waals surface area contributed by atoms with Gasteiger partial charge in [-0.05, 0) is 24.3 Å². The number of nitrogens with one attached hydrogen (secondary N) is 1. The van der Waals surface area contributed by atoms with Crippen molar-refractivity contribution >= 4 is 23.0 Å². The van der Waals surface area contributed by atoms with Crippen molar-refractivity contribution in [2.75, 3.05) is 43.6 Å². The minimum Gasteiger partial charge on any atom is -0.497 e. The maximum atomic E-state index is 5.41. The first-order chi connectivity index (χ1) is 11.8. The van der Waals surface area contributed by atoms with Crippen molar-refractivity contribution < 1.29 is 9.47 Å². The smallest absolute Gasteiger partial charge is 0.156 e. The highest BCUT2D eigenvalue weighted by molar-refractivity contribution is 5.61. The van der Waals surface area contributed by atoms with Crippen LogP contribution >= 0.6 is 0 Å². The number of methoxy groups -OCH3 is 1. The Morgan fingerprint density at radius 3 is 2.88 bits per heavy atom. The molecule has 0 atom stereocenters. The second-order valence-electron chi connectivity index (χ2n) is 5.56. The fraction of sp³-hybridized carbons (Fsp3) is 0.294. The third kappa shape index (κ3) is 2.85. The molecule has 1 aliphatic rings. The topological polar surface area (TPSA) is 63.9 Å². The van der Waals surface area contributed by atoms with Crippen LogP contribution < -0.4 is 15.0 Å². The van der Waals surface area contributed by atoms with E-state index in [1.54, 1.807) is 13.3 Å². The van der Waals surface area contributed by atoms with E-state index in [0.29, 0.717) is 0 Å². The summed E-state index contributed by atoms with van der Waals surface area (Å²) in [5.41, 5.74) is 1.73. The van der Waals surface area contributed by atoms with E-state index in [0.717, 1.165) is 55.0 Å². The van der Waals surface area contributed by atoms with Gasteiger partial charge >= 0.3 is 0 Å². The number of hydrogen-bond donors (Lipinski definition) is 1. The van der Waals surface area contributed by atoms with Crippen LogP contribution in [0.1, 0.15) is 0 Å². The molecule has 7 heteroatoms. The minimum absolute atomic E-state index is 0.735. The van der Waals surface area contributed by atoms with E-state index < -0.39 is 0 Å². The number of imidazole rings is 1. The Balaban J connectivity index is 1.65. The number of ether oxygens (including phenoxy) is 2. The zero-order chi connectivity index (χ0) is 16.4. The van der Waals surface area contributed by atoms with Gasteiger partial charge in [0.15, 0.2) is 11.5 Å². The number of anilines is 3. The predicted molar refractivity (Wildman–Crippen MR) is 92.3 cm³/mol. The molecule has 0 radical (unpaired) electrons. The summed E-state index contributed by atoms with van der Waals surface area (Å²) in [6.45, 7) is 3.18. The van der Waals surface area contributed by atoms with Gasteiger partial charge in [0, 0.05) is 24.8 Å². The molecule has 24 heavy (non-hydrogen) atoms. The van der Waals surface area contributed by atoms with Gasteiger partial charge in [-0.15, -0.1) is 5.10 Å². The SMILES string of the molecule is COc1cccc(Nc2cnc3ccc(N4CCOCC4)nn23)c1. The lowest BCUT2D eigenvalue weighted by Gasteiger charge is -2.27. The van der Waals surface area contributed by atoms with E-state index in [9.17, 15) is 0 Å². The van der Waals surface area contributed by atoms with Gasteiger partial charge in [-0.3, -0.25) is 0 Å². The lowest BCUT2D eigenvalue weighted by Crippen LogP contribution is -2.37. The molecule has 4 rings (SSSR count). The average Bonchev–Trinajstić information content (AvgIpc) is 3.05. The van der Waals surface area contributed by atoms with Gasteiger partial charge in [0.2, 0.25) is 0 Å². The van der Waals surface area contributed by atoms with Crippen molar-refractivity contribution in [3.63, 3.8) is 0 Å². The molecule has 3 aromatic rings. The van der Waals surface area contributed by atoms with E-state index in [1.165, 1.54) is 0 Å². The molecule has 124 valence electrons. The molecule has 0 spiro atoms. The fourth-order valence-electron chi connectivity index (χ4n) is 2.76. The summed E-state index contributed by atoms with van der Waals surface area (Å²) in [7, 11) is 1.66. The number of hydrogen-bond acceptors (Lipinski definition) is 6. The molecule has 1 aliphatic heterocycles. The predicted octanol–water partition coefficient (Wildman–Crippen LogP) is 2.32. The molecule has 2 aromatic heterocycles. The quantitative estimate of drug-likeness (QED) is 0.794. The minimum atomic E-state index is 0.735. The van der Waals surface area contributed by atoms with Crippen molar-refractivity contribution in [2.24, 2.45) is 0 Å². The van der Waals surface area contributed by atoms with Gasteiger partial charge in [-0.2, -0.15) is 4.52 Å². The molecule has 1 saturated heterocycles. The molecule has 0 aliphatic carbocycles. The Kier molecular flexibility index (Phi) is 3.92. The largest absolute Gasteiger partial charge is 0.497 e. The van der Waals surface area contributed by atoms with Crippen LogP contribution in [0.4, 0.5) is 17.3 Å². The molecule has 0 bridgehead atoms. The van der Waals surface area contributed by atoms with Gasteiger partial charge in [0.1, 0.15) is 11.6 Å². The Labute approximate surface area is 139 Å². The van der Waals surface area contributed by atoms with Crippen molar-refractivity contribution in [3.05, 3.63) is 42.6 Å². The second-order valence-corrected chi connectivity index (χ2v) is 5.56. The molecule has 1 N–H and O–H groups in total. The zero-order valence-electron chi connectivity index (χ0n) is 13.5. The van der Waals surface area contributed by atoms with Crippen molar-refractivity contribution in [1.82, 2.24) is 14.6 Å². The Morgan fingerprint density at radius 2 is 2.04 bits per heavy atom. The van der Waals surface area contributed by atoms with Crippen LogP contribution in [0.2, 0.25) is 0 Å². The summed E-state index contributed by atoms with van der Waals surface area (Å²) in [5.74, 6) is 2.54. The average molecular weight is 325 g/mol. The normalized spacial score (nSPS) is 14.8. The maximum absolute atomic E-state index is 5.41. The molecule has 3 heterocycles. The van der Waals surface area contributed by atoms with Crippen molar-refractivity contribution in [2.45, 2.75) is 0 Å². The van der Waals surface area contributed by atoms with Crippen LogP contribution in [-0.2, 0) is 4.74 Å². The monoisotopic (exact) mass is 325 g/mol. The molecule has 0 saturated carbocycles. The fourth-order valence-corrected chi connectivity index (χ4v) is 2.76. The number of benzene rings is 1. The van der Waals surface area contributed by atoms with Crippen LogP contribution in [0.5, 0.6) is 5.75 Å². The molecule has 7 nitrogen and oxygen atoms in total. The first kappa shape index (κ1) is 14.8. The molecule has 1 fully saturated rings. The Bertz CT molecular complexity index is 842. The van der Waals surface area contributed by atoms with E-state index in [4.69, 9.17) is 14.6 Å². The first-order valence-corrected chi connectivity index (χ1v) is 7.92. The van der Waals surface area contributed by atoms with E-state index in [1.807, 2.05) is 40.9 Å². The maximum Gasteiger partial charge on any atom is 0.156 e. The third-order valence-corrected chi connectivity index (χ3v) is 4.03. The Morgan fingerprint density at radius 1 is 1.17 bits per heavy atom. The number of rotatable bonds is 4. The van der Waals surface area contributed by atoms with Crippen molar-refractivity contribution in [3.8, 4) is 5.75 Å². The second kappa shape index (κ2) is 6.37. The summed E-state index contributed by atoms with van der Waals surface area (Å²) in [4.78, 5) is 6.63. The van der Waals surface area contributed by atoms with Crippen LogP contribution in [0.15, 0.2) is 42.6 Å². The van der Waals surface area contributed by atoms with Gasteiger partial charge in [-0.25, -0.2) is 4.98 Å². The highest BCUT2D eigenvalue weighted by Crippen LogP contribution is 2.23. The van der Waals surface area contributed by atoms with E-state index in [2.05, 4.69) is 15.2 Å². The number of morpholine rings is 1. The highest BCUT2D eigenvalue weighted by Gasteiger charge is 2.14.